The van der Waals surface area contributed by atoms with Gasteiger partial charge in [0.1, 0.15) is 13.2 Å². The van der Waals surface area contributed by atoms with E-state index in [1.807, 2.05) is 0 Å². The first kappa shape index (κ1) is 54.4. The molecular formula is C50H96O6. The van der Waals surface area contributed by atoms with Gasteiger partial charge in [0.05, 0.1) is 0 Å². The molecule has 0 heterocycles. The van der Waals surface area contributed by atoms with Crippen LogP contribution in [0.5, 0.6) is 0 Å². The third-order valence-electron chi connectivity index (χ3n) is 11.3. The molecule has 0 fully saturated rings. The van der Waals surface area contributed by atoms with Crippen molar-refractivity contribution in [3.8, 4) is 0 Å². The first-order valence-electron chi connectivity index (χ1n) is 24.9. The molecule has 0 aromatic heterocycles. The van der Waals surface area contributed by atoms with E-state index in [9.17, 15) is 14.4 Å². The van der Waals surface area contributed by atoms with E-state index in [0.717, 1.165) is 63.7 Å². The van der Waals surface area contributed by atoms with Crippen LogP contribution in [0.3, 0.4) is 0 Å². The summed E-state index contributed by atoms with van der Waals surface area (Å²) in [5.41, 5.74) is 0. The Morgan fingerprint density at radius 3 is 0.875 bits per heavy atom. The Bertz CT molecular complexity index is 841. The van der Waals surface area contributed by atoms with Gasteiger partial charge in [0.15, 0.2) is 6.10 Å². The molecule has 0 saturated carbocycles. The predicted molar refractivity (Wildman–Crippen MR) is 238 cm³/mol. The fourth-order valence-corrected chi connectivity index (χ4v) is 7.51. The third kappa shape index (κ3) is 43.5. The minimum atomic E-state index is -0.759. The quantitative estimate of drug-likeness (QED) is 0.0347. The maximum absolute atomic E-state index is 12.8. The van der Waals surface area contributed by atoms with Crippen LogP contribution in [0.2, 0.25) is 0 Å². The van der Waals surface area contributed by atoms with Crippen LogP contribution in [-0.2, 0) is 28.6 Å². The van der Waals surface area contributed by atoms with Crippen LogP contribution in [0, 0.1) is 5.92 Å². The van der Waals surface area contributed by atoms with E-state index in [2.05, 4.69) is 27.7 Å². The highest BCUT2D eigenvalue weighted by molar-refractivity contribution is 5.71. The molecule has 6 heteroatoms. The molecule has 0 radical (unpaired) electrons. The van der Waals surface area contributed by atoms with Crippen LogP contribution in [0.25, 0.3) is 0 Å². The SMILES string of the molecule is CCCCCCCCCCCCCCCCCC(=O)O[C@H](COC(=O)CCCCCCCCCCCC)COC(=O)CCCCCCCCCCCCC(C)C. The Balaban J connectivity index is 4.30. The molecule has 0 spiro atoms. The van der Waals surface area contributed by atoms with Gasteiger partial charge in [0.25, 0.3) is 0 Å². The Labute approximate surface area is 348 Å². The predicted octanol–water partition coefficient (Wildman–Crippen LogP) is 15.9. The average molecular weight is 793 g/mol. The van der Waals surface area contributed by atoms with E-state index >= 15 is 0 Å². The normalized spacial score (nSPS) is 11.9. The number of unbranched alkanes of at least 4 members (excludes halogenated alkanes) is 32. The summed E-state index contributed by atoms with van der Waals surface area (Å²) in [5.74, 6) is -0.0302. The van der Waals surface area contributed by atoms with Gasteiger partial charge in [-0.3, -0.25) is 14.4 Å². The summed E-state index contributed by atoms with van der Waals surface area (Å²) >= 11 is 0. The topological polar surface area (TPSA) is 78.9 Å². The Morgan fingerprint density at radius 1 is 0.339 bits per heavy atom. The van der Waals surface area contributed by atoms with Gasteiger partial charge in [0.2, 0.25) is 0 Å². The van der Waals surface area contributed by atoms with Crippen molar-refractivity contribution in [1.82, 2.24) is 0 Å². The summed E-state index contributed by atoms with van der Waals surface area (Å²) in [6.45, 7) is 9.00. The van der Waals surface area contributed by atoms with Gasteiger partial charge in [-0.2, -0.15) is 0 Å². The lowest BCUT2D eigenvalue weighted by Crippen LogP contribution is -2.30. The summed E-state index contributed by atoms with van der Waals surface area (Å²) in [7, 11) is 0. The molecule has 0 aromatic carbocycles. The van der Waals surface area contributed by atoms with Gasteiger partial charge in [-0.05, 0) is 25.2 Å². The summed E-state index contributed by atoms with van der Waals surface area (Å²) in [6, 6.07) is 0. The third-order valence-corrected chi connectivity index (χ3v) is 11.3. The van der Waals surface area contributed by atoms with Crippen LogP contribution < -0.4 is 0 Å². The maximum Gasteiger partial charge on any atom is 0.306 e. The summed E-state index contributed by atoms with van der Waals surface area (Å²) < 4.78 is 16.8. The van der Waals surface area contributed by atoms with E-state index in [4.69, 9.17) is 14.2 Å². The summed E-state index contributed by atoms with van der Waals surface area (Å²) in [6.07, 6.45) is 45.1. The highest BCUT2D eigenvalue weighted by atomic mass is 16.6. The lowest BCUT2D eigenvalue weighted by molar-refractivity contribution is -0.167. The molecular weight excluding hydrogens is 697 g/mol. The molecule has 6 nitrogen and oxygen atoms in total. The van der Waals surface area contributed by atoms with Crippen LogP contribution in [0.1, 0.15) is 278 Å². The maximum atomic E-state index is 12.8. The van der Waals surface area contributed by atoms with Gasteiger partial charge < -0.3 is 14.2 Å². The molecule has 1 atom stereocenters. The number of esters is 3. The zero-order chi connectivity index (χ0) is 41.0. The first-order valence-corrected chi connectivity index (χ1v) is 24.9. The largest absolute Gasteiger partial charge is 0.462 e. The molecule has 0 saturated heterocycles. The standard InChI is InChI=1S/C50H96O6/c1-5-7-9-11-13-15-17-18-19-20-21-27-31-35-39-43-50(53)56-47(44-54-48(51)41-37-33-29-25-16-14-12-10-8-6-2)45-55-49(52)42-38-34-30-26-23-22-24-28-32-36-40-46(3)4/h46-47H,5-45H2,1-4H3/t47-/m1/s1. The van der Waals surface area contributed by atoms with Crippen molar-refractivity contribution in [2.24, 2.45) is 5.92 Å². The molecule has 0 amide bonds. The molecule has 0 aliphatic rings. The average Bonchev–Trinajstić information content (AvgIpc) is 3.18. The molecule has 0 unspecified atom stereocenters. The van der Waals surface area contributed by atoms with E-state index in [1.165, 1.54) is 173 Å². The van der Waals surface area contributed by atoms with Gasteiger partial charge in [-0.15, -0.1) is 0 Å². The number of rotatable bonds is 45. The van der Waals surface area contributed by atoms with E-state index in [0.29, 0.717) is 19.3 Å². The molecule has 0 aliphatic carbocycles. The molecule has 0 aliphatic heterocycles. The fourth-order valence-electron chi connectivity index (χ4n) is 7.51. The minimum Gasteiger partial charge on any atom is -0.462 e. The second kappa shape index (κ2) is 44.5. The monoisotopic (exact) mass is 793 g/mol. The van der Waals surface area contributed by atoms with Crippen molar-refractivity contribution in [2.45, 2.75) is 284 Å². The van der Waals surface area contributed by atoms with Crippen molar-refractivity contribution in [3.05, 3.63) is 0 Å². The fraction of sp³-hybridized carbons (Fsp3) is 0.940. The minimum absolute atomic E-state index is 0.0633. The van der Waals surface area contributed by atoms with Crippen LogP contribution in [0.4, 0.5) is 0 Å². The summed E-state index contributed by atoms with van der Waals surface area (Å²) in [5, 5.41) is 0. The lowest BCUT2D eigenvalue weighted by Gasteiger charge is -2.18. The smallest absolute Gasteiger partial charge is 0.306 e. The Hall–Kier alpha value is -1.59. The number of ether oxygens (including phenoxy) is 3. The Morgan fingerprint density at radius 2 is 0.589 bits per heavy atom. The molecule has 56 heavy (non-hydrogen) atoms. The van der Waals surface area contributed by atoms with Crippen molar-refractivity contribution in [3.63, 3.8) is 0 Å². The van der Waals surface area contributed by atoms with Gasteiger partial charge in [0, 0.05) is 19.3 Å². The number of carbonyl (C=O) groups excluding carboxylic acids is 3. The van der Waals surface area contributed by atoms with Crippen LogP contribution in [-0.4, -0.2) is 37.2 Å². The van der Waals surface area contributed by atoms with Crippen molar-refractivity contribution in [1.29, 1.82) is 0 Å². The van der Waals surface area contributed by atoms with Gasteiger partial charge in [-0.25, -0.2) is 0 Å². The lowest BCUT2D eigenvalue weighted by atomic mass is 10.0. The molecule has 0 rings (SSSR count). The van der Waals surface area contributed by atoms with Crippen molar-refractivity contribution < 1.29 is 28.6 Å². The molecule has 0 N–H and O–H groups in total. The molecule has 332 valence electrons. The number of carbonyl (C=O) groups is 3. The second-order valence-corrected chi connectivity index (χ2v) is 17.6. The van der Waals surface area contributed by atoms with Gasteiger partial charge in [-0.1, -0.05) is 240 Å². The Kier molecular flexibility index (Phi) is 43.2. The second-order valence-electron chi connectivity index (χ2n) is 17.6. The molecule has 0 bridgehead atoms. The summed E-state index contributed by atoms with van der Waals surface area (Å²) in [4.78, 5) is 37.8. The van der Waals surface area contributed by atoms with Crippen LogP contribution in [0.15, 0.2) is 0 Å². The highest BCUT2D eigenvalue weighted by Gasteiger charge is 2.19. The molecule has 0 aromatic rings. The van der Waals surface area contributed by atoms with E-state index in [1.54, 1.807) is 0 Å². The first-order chi connectivity index (χ1) is 27.4. The van der Waals surface area contributed by atoms with E-state index < -0.39 is 6.10 Å². The van der Waals surface area contributed by atoms with Gasteiger partial charge >= 0.3 is 17.9 Å². The zero-order valence-corrected chi connectivity index (χ0v) is 38.1. The van der Waals surface area contributed by atoms with Crippen molar-refractivity contribution >= 4 is 17.9 Å². The van der Waals surface area contributed by atoms with Crippen molar-refractivity contribution in [2.75, 3.05) is 13.2 Å². The van der Waals surface area contributed by atoms with E-state index in [-0.39, 0.29) is 31.1 Å². The zero-order valence-electron chi connectivity index (χ0n) is 38.1. The van der Waals surface area contributed by atoms with Crippen LogP contribution >= 0.6 is 0 Å². The number of hydrogen-bond acceptors (Lipinski definition) is 6. The number of hydrogen-bond donors (Lipinski definition) is 0. The highest BCUT2D eigenvalue weighted by Crippen LogP contribution is 2.17.